The lowest BCUT2D eigenvalue weighted by atomic mass is 10.2. The Bertz CT molecular complexity index is 561. The average molecular weight is 288 g/mol. The maximum absolute atomic E-state index is 11.8. The Balaban J connectivity index is 1.77. The van der Waals surface area contributed by atoms with Crippen LogP contribution in [0.15, 0.2) is 53.7 Å². The van der Waals surface area contributed by atoms with Crippen molar-refractivity contribution >= 4 is 17.7 Å². The smallest absolute Gasteiger partial charge is 0.230 e. The van der Waals surface area contributed by atoms with E-state index >= 15 is 0 Å². The first-order valence-corrected chi connectivity index (χ1v) is 7.19. The van der Waals surface area contributed by atoms with Gasteiger partial charge in [0.05, 0.1) is 12.9 Å². The van der Waals surface area contributed by atoms with E-state index in [4.69, 9.17) is 4.74 Å². The summed E-state index contributed by atoms with van der Waals surface area (Å²) >= 11 is 1.49. The van der Waals surface area contributed by atoms with E-state index in [1.807, 2.05) is 36.4 Å². The normalized spacial score (nSPS) is 10.1. The van der Waals surface area contributed by atoms with Crippen molar-refractivity contribution in [2.24, 2.45) is 0 Å². The van der Waals surface area contributed by atoms with Crippen LogP contribution in [0.4, 0.5) is 0 Å². The number of thioether (sulfide) groups is 1. The van der Waals surface area contributed by atoms with Gasteiger partial charge >= 0.3 is 0 Å². The van der Waals surface area contributed by atoms with Gasteiger partial charge in [0.2, 0.25) is 5.91 Å². The number of hydrogen-bond acceptors (Lipinski definition) is 4. The van der Waals surface area contributed by atoms with Gasteiger partial charge in [-0.15, -0.1) is 11.8 Å². The summed E-state index contributed by atoms with van der Waals surface area (Å²) in [5.41, 5.74) is 1.02. The second-order valence-electron chi connectivity index (χ2n) is 4.10. The summed E-state index contributed by atoms with van der Waals surface area (Å²) in [5.74, 6) is 1.20. The van der Waals surface area contributed by atoms with Gasteiger partial charge in [0.1, 0.15) is 5.75 Å². The molecule has 0 aliphatic rings. The van der Waals surface area contributed by atoms with Crippen molar-refractivity contribution in [3.8, 4) is 5.75 Å². The molecule has 0 saturated carbocycles. The number of carbonyl (C=O) groups is 1. The number of aromatic nitrogens is 1. The minimum Gasteiger partial charge on any atom is -0.497 e. The van der Waals surface area contributed by atoms with Crippen LogP contribution < -0.4 is 10.1 Å². The fraction of sp³-hybridized carbons (Fsp3) is 0.200. The van der Waals surface area contributed by atoms with Crippen molar-refractivity contribution in [1.29, 1.82) is 0 Å². The maximum Gasteiger partial charge on any atom is 0.230 e. The number of pyridine rings is 1. The second-order valence-corrected chi connectivity index (χ2v) is 5.15. The molecule has 1 heterocycles. The third-order valence-electron chi connectivity index (χ3n) is 2.64. The Kier molecular flexibility index (Phi) is 5.43. The number of amides is 1. The van der Waals surface area contributed by atoms with E-state index in [2.05, 4.69) is 10.3 Å². The quantitative estimate of drug-likeness (QED) is 0.830. The number of benzene rings is 1. The average Bonchev–Trinajstić information content (AvgIpc) is 2.52. The van der Waals surface area contributed by atoms with E-state index in [1.165, 1.54) is 11.8 Å². The number of rotatable bonds is 6. The Morgan fingerprint density at radius 2 is 2.10 bits per heavy atom. The molecule has 20 heavy (non-hydrogen) atoms. The highest BCUT2D eigenvalue weighted by molar-refractivity contribution is 8.00. The minimum atomic E-state index is 0.00892. The van der Waals surface area contributed by atoms with Crippen LogP contribution in [0, 0.1) is 0 Å². The lowest BCUT2D eigenvalue weighted by molar-refractivity contribution is -0.118. The lowest BCUT2D eigenvalue weighted by Gasteiger charge is -2.07. The molecular formula is C15H16N2O2S. The van der Waals surface area contributed by atoms with Crippen LogP contribution in [0.25, 0.3) is 0 Å². The van der Waals surface area contributed by atoms with Crippen LogP contribution in [0.2, 0.25) is 0 Å². The van der Waals surface area contributed by atoms with Crippen LogP contribution in [-0.4, -0.2) is 23.8 Å². The molecule has 0 saturated heterocycles. The number of nitrogens with zero attached hydrogens (tertiary/aromatic N) is 1. The Hall–Kier alpha value is -2.01. The van der Waals surface area contributed by atoms with Crippen LogP contribution in [-0.2, 0) is 11.3 Å². The molecule has 1 aromatic heterocycles. The molecule has 2 aromatic rings. The minimum absolute atomic E-state index is 0.00892. The SMILES string of the molecule is COc1cccc(CNC(=O)CSc2ccncc2)c1. The van der Waals surface area contributed by atoms with Gasteiger partial charge in [0.25, 0.3) is 0 Å². The topological polar surface area (TPSA) is 51.2 Å². The molecule has 0 aliphatic heterocycles. The van der Waals surface area contributed by atoms with Crippen LogP contribution in [0.5, 0.6) is 5.75 Å². The molecule has 0 spiro atoms. The van der Waals surface area contributed by atoms with E-state index in [0.29, 0.717) is 12.3 Å². The van der Waals surface area contributed by atoms with E-state index in [1.54, 1.807) is 19.5 Å². The number of nitrogens with one attached hydrogen (secondary N) is 1. The van der Waals surface area contributed by atoms with Crippen molar-refractivity contribution in [1.82, 2.24) is 10.3 Å². The fourth-order valence-electron chi connectivity index (χ4n) is 1.62. The van der Waals surface area contributed by atoms with Gasteiger partial charge < -0.3 is 10.1 Å². The molecular weight excluding hydrogens is 272 g/mol. The number of ether oxygens (including phenoxy) is 1. The van der Waals surface area contributed by atoms with E-state index < -0.39 is 0 Å². The van der Waals surface area contributed by atoms with Crippen LogP contribution >= 0.6 is 11.8 Å². The molecule has 0 fully saturated rings. The van der Waals surface area contributed by atoms with E-state index in [-0.39, 0.29) is 5.91 Å². The zero-order valence-electron chi connectivity index (χ0n) is 11.2. The van der Waals surface area contributed by atoms with E-state index in [9.17, 15) is 4.79 Å². The third-order valence-corrected chi connectivity index (χ3v) is 3.66. The standard InChI is InChI=1S/C15H16N2O2S/c1-19-13-4-2-3-12(9-13)10-17-15(18)11-20-14-5-7-16-8-6-14/h2-9H,10-11H2,1H3,(H,17,18). The summed E-state index contributed by atoms with van der Waals surface area (Å²) in [6.07, 6.45) is 3.44. The summed E-state index contributed by atoms with van der Waals surface area (Å²) < 4.78 is 5.14. The molecule has 0 unspecified atom stereocenters. The van der Waals surface area contributed by atoms with E-state index in [0.717, 1.165) is 16.2 Å². The Morgan fingerprint density at radius 1 is 1.30 bits per heavy atom. The van der Waals surface area contributed by atoms with Crippen molar-refractivity contribution in [2.75, 3.05) is 12.9 Å². The van der Waals surface area contributed by atoms with Crippen LogP contribution in [0.3, 0.4) is 0 Å². The Labute approximate surface area is 122 Å². The largest absolute Gasteiger partial charge is 0.497 e. The predicted molar refractivity (Wildman–Crippen MR) is 79.8 cm³/mol. The molecule has 104 valence electrons. The van der Waals surface area contributed by atoms with Crippen molar-refractivity contribution in [3.05, 3.63) is 54.4 Å². The number of carbonyl (C=O) groups excluding carboxylic acids is 1. The lowest BCUT2D eigenvalue weighted by Crippen LogP contribution is -2.24. The summed E-state index contributed by atoms with van der Waals surface area (Å²) in [7, 11) is 1.63. The summed E-state index contributed by atoms with van der Waals surface area (Å²) in [6, 6.07) is 11.4. The summed E-state index contributed by atoms with van der Waals surface area (Å²) in [6.45, 7) is 0.507. The molecule has 5 heteroatoms. The summed E-state index contributed by atoms with van der Waals surface area (Å²) in [5, 5.41) is 2.89. The molecule has 0 bridgehead atoms. The number of hydrogen-bond donors (Lipinski definition) is 1. The van der Waals surface area contributed by atoms with Gasteiger partial charge in [-0.2, -0.15) is 0 Å². The predicted octanol–water partition coefficient (Wildman–Crippen LogP) is 2.50. The van der Waals surface area contributed by atoms with Gasteiger partial charge in [0, 0.05) is 23.8 Å². The second kappa shape index (κ2) is 7.55. The van der Waals surface area contributed by atoms with Crippen LogP contribution in [0.1, 0.15) is 5.56 Å². The molecule has 2 rings (SSSR count). The molecule has 0 aliphatic carbocycles. The molecule has 4 nitrogen and oxygen atoms in total. The van der Waals surface area contributed by atoms with Gasteiger partial charge in [-0.3, -0.25) is 9.78 Å². The Morgan fingerprint density at radius 3 is 2.85 bits per heavy atom. The monoisotopic (exact) mass is 288 g/mol. The molecule has 1 amide bonds. The first-order valence-electron chi connectivity index (χ1n) is 6.20. The first kappa shape index (κ1) is 14.4. The number of methoxy groups -OCH3 is 1. The zero-order chi connectivity index (χ0) is 14.2. The van der Waals surface area contributed by atoms with Gasteiger partial charge in [0.15, 0.2) is 0 Å². The molecule has 1 N–H and O–H groups in total. The van der Waals surface area contributed by atoms with Crippen molar-refractivity contribution < 1.29 is 9.53 Å². The highest BCUT2D eigenvalue weighted by atomic mass is 32.2. The summed E-state index contributed by atoms with van der Waals surface area (Å²) in [4.78, 5) is 16.7. The third kappa shape index (κ3) is 4.59. The first-order chi connectivity index (χ1) is 9.78. The van der Waals surface area contributed by atoms with Gasteiger partial charge in [-0.25, -0.2) is 0 Å². The highest BCUT2D eigenvalue weighted by Crippen LogP contribution is 2.16. The van der Waals surface area contributed by atoms with Gasteiger partial charge in [-0.05, 0) is 29.8 Å². The highest BCUT2D eigenvalue weighted by Gasteiger charge is 2.03. The molecule has 0 radical (unpaired) electrons. The van der Waals surface area contributed by atoms with Crippen molar-refractivity contribution in [2.45, 2.75) is 11.4 Å². The molecule has 0 atom stereocenters. The van der Waals surface area contributed by atoms with Crippen molar-refractivity contribution in [3.63, 3.8) is 0 Å². The van der Waals surface area contributed by atoms with Gasteiger partial charge in [-0.1, -0.05) is 12.1 Å². The molecule has 1 aromatic carbocycles. The fourth-order valence-corrected chi connectivity index (χ4v) is 2.33. The maximum atomic E-state index is 11.8. The zero-order valence-corrected chi connectivity index (χ0v) is 12.0.